The first-order valence-corrected chi connectivity index (χ1v) is 12.0. The van der Waals surface area contributed by atoms with E-state index in [1.54, 1.807) is 72.5 Å². The Morgan fingerprint density at radius 2 is 1.85 bits per heavy atom. The maximum Gasteiger partial charge on any atom is 0.254 e. The molecule has 0 atom stereocenters. The van der Waals surface area contributed by atoms with E-state index in [9.17, 15) is 13.2 Å². The molecule has 1 aliphatic heterocycles. The minimum Gasteiger partial charge on any atom is -0.490 e. The van der Waals surface area contributed by atoms with E-state index in [4.69, 9.17) is 21.0 Å². The molecule has 9 heteroatoms. The number of nitrogens with zero attached hydrogens (tertiary/aromatic N) is 1. The van der Waals surface area contributed by atoms with Gasteiger partial charge in [-0.3, -0.25) is 10.2 Å². The van der Waals surface area contributed by atoms with Gasteiger partial charge in [0.15, 0.2) is 0 Å². The molecule has 34 heavy (non-hydrogen) atoms. The van der Waals surface area contributed by atoms with Crippen LogP contribution < -0.4 is 20.5 Å². The largest absolute Gasteiger partial charge is 0.490 e. The number of nitrogens with two attached hydrogens (primary N) is 2. The Labute approximate surface area is 198 Å². The van der Waals surface area contributed by atoms with Crippen LogP contribution in [0.5, 0.6) is 5.75 Å². The Morgan fingerprint density at radius 1 is 1.09 bits per heavy atom. The van der Waals surface area contributed by atoms with Gasteiger partial charge in [0, 0.05) is 16.7 Å². The van der Waals surface area contributed by atoms with Crippen LogP contribution in [0.25, 0.3) is 17.2 Å². The summed E-state index contributed by atoms with van der Waals surface area (Å²) in [4.78, 5) is 14.9. The molecule has 4 rings (SSSR count). The van der Waals surface area contributed by atoms with Crippen LogP contribution in [0.15, 0.2) is 77.2 Å². The molecule has 0 radical (unpaired) electrons. The number of fused-ring (bicyclic) bond motifs is 1. The van der Waals surface area contributed by atoms with E-state index in [0.29, 0.717) is 46.9 Å². The van der Waals surface area contributed by atoms with Crippen molar-refractivity contribution >= 4 is 33.5 Å². The number of rotatable bonds is 5. The summed E-state index contributed by atoms with van der Waals surface area (Å²) in [6.07, 6.45) is 1.75. The molecule has 3 aromatic rings. The van der Waals surface area contributed by atoms with Gasteiger partial charge in [-0.15, -0.1) is 0 Å². The molecule has 0 saturated heterocycles. The zero-order valence-corrected chi connectivity index (χ0v) is 19.3. The summed E-state index contributed by atoms with van der Waals surface area (Å²) in [5.41, 5.74) is 9.09. The van der Waals surface area contributed by atoms with Crippen molar-refractivity contribution in [1.82, 2.24) is 0 Å². The number of carbonyl (C=O) groups excluding carboxylic acids is 1. The van der Waals surface area contributed by atoms with Gasteiger partial charge < -0.3 is 15.4 Å². The molecule has 0 saturated carbocycles. The molecule has 1 heterocycles. The van der Waals surface area contributed by atoms with Crippen LogP contribution in [0.4, 0.5) is 5.69 Å². The number of primary sulfonamides is 1. The van der Waals surface area contributed by atoms with Gasteiger partial charge in [0.05, 0.1) is 17.1 Å². The average molecular weight is 477 g/mol. The first-order valence-electron chi connectivity index (χ1n) is 10.5. The molecule has 174 valence electrons. The Bertz CT molecular complexity index is 1430. The number of benzene rings is 3. The molecule has 1 aliphatic rings. The topological polar surface area (TPSA) is 140 Å². The van der Waals surface area contributed by atoms with E-state index in [0.717, 1.165) is 5.56 Å². The second kappa shape index (κ2) is 9.12. The van der Waals surface area contributed by atoms with E-state index in [2.05, 4.69) is 0 Å². The molecule has 3 aromatic carbocycles. The van der Waals surface area contributed by atoms with Crippen LogP contribution in [0.1, 0.15) is 18.1 Å². The van der Waals surface area contributed by atoms with Gasteiger partial charge in [0.2, 0.25) is 10.0 Å². The third-order valence-electron chi connectivity index (χ3n) is 5.49. The van der Waals surface area contributed by atoms with Crippen LogP contribution in [0.3, 0.4) is 0 Å². The second-order valence-electron chi connectivity index (χ2n) is 7.90. The highest BCUT2D eigenvalue weighted by molar-refractivity contribution is 7.89. The number of amidine groups is 1. The summed E-state index contributed by atoms with van der Waals surface area (Å²) in [6.45, 7) is 2.40. The molecular weight excluding hydrogens is 452 g/mol. The maximum atomic E-state index is 13.3. The number of carbonyl (C=O) groups is 1. The molecule has 1 amide bonds. The number of hydrogen-bond donors (Lipinski definition) is 3. The van der Waals surface area contributed by atoms with Crippen molar-refractivity contribution in [2.24, 2.45) is 10.9 Å². The van der Waals surface area contributed by atoms with Crippen molar-refractivity contribution in [2.75, 3.05) is 18.1 Å². The predicted octanol–water partition coefficient (Wildman–Crippen LogP) is 3.11. The lowest BCUT2D eigenvalue weighted by molar-refractivity contribution is -0.115. The highest BCUT2D eigenvalue weighted by atomic mass is 32.2. The number of hydrogen-bond acceptors (Lipinski definition) is 5. The zero-order chi connectivity index (χ0) is 24.5. The van der Waals surface area contributed by atoms with Gasteiger partial charge >= 0.3 is 0 Å². The Balaban J connectivity index is 1.67. The normalized spacial score (nSPS) is 13.7. The van der Waals surface area contributed by atoms with Gasteiger partial charge in [0.25, 0.3) is 5.91 Å². The van der Waals surface area contributed by atoms with Gasteiger partial charge in [0.1, 0.15) is 18.2 Å². The number of amides is 1. The fraction of sp³-hybridized carbons (Fsp3) is 0.120. The van der Waals surface area contributed by atoms with Crippen molar-refractivity contribution in [3.05, 3.63) is 83.4 Å². The zero-order valence-electron chi connectivity index (χ0n) is 18.5. The smallest absolute Gasteiger partial charge is 0.254 e. The van der Waals surface area contributed by atoms with Crippen molar-refractivity contribution in [3.63, 3.8) is 0 Å². The second-order valence-corrected chi connectivity index (χ2v) is 9.43. The van der Waals surface area contributed by atoms with E-state index in [-0.39, 0.29) is 16.6 Å². The molecular formula is C25H24N4O4S. The minimum atomic E-state index is -3.91. The van der Waals surface area contributed by atoms with Gasteiger partial charge in [-0.2, -0.15) is 0 Å². The summed E-state index contributed by atoms with van der Waals surface area (Å²) in [6, 6.07) is 18.8. The van der Waals surface area contributed by atoms with E-state index < -0.39 is 10.0 Å². The van der Waals surface area contributed by atoms with Crippen LogP contribution in [0, 0.1) is 5.41 Å². The lowest BCUT2D eigenvalue weighted by Crippen LogP contribution is -2.38. The van der Waals surface area contributed by atoms with E-state index in [1.165, 1.54) is 6.07 Å². The van der Waals surface area contributed by atoms with Crippen LogP contribution in [-0.2, 0) is 14.8 Å². The molecule has 0 aliphatic carbocycles. The molecule has 8 nitrogen and oxygen atoms in total. The third-order valence-corrected chi connectivity index (χ3v) is 6.46. The number of ether oxygens (including phenoxy) is 1. The first kappa shape index (κ1) is 23.2. The molecule has 0 aromatic heterocycles. The summed E-state index contributed by atoms with van der Waals surface area (Å²) >= 11 is 0. The summed E-state index contributed by atoms with van der Waals surface area (Å²) < 4.78 is 29.8. The predicted molar refractivity (Wildman–Crippen MR) is 132 cm³/mol. The van der Waals surface area contributed by atoms with Crippen LogP contribution in [-0.4, -0.2) is 33.3 Å². The first-order chi connectivity index (χ1) is 16.1. The quantitative estimate of drug-likeness (QED) is 0.295. The maximum absolute atomic E-state index is 13.3. The standard InChI is InChI=1S/C25H24N4O4S/c1-16(13-17-5-4-6-19(14-17)24(26)27)25(30)29-11-12-33-22-15-18(9-10-21(22)29)20-7-2-3-8-23(20)34(28,31)32/h2-10,13-15H,11-12H2,1H3,(H3,26,27)(H2,28,31,32)/b16-13+. The van der Waals surface area contributed by atoms with E-state index in [1.807, 2.05) is 6.07 Å². The Kier molecular flexibility index (Phi) is 6.23. The number of sulfonamides is 1. The highest BCUT2D eigenvalue weighted by Gasteiger charge is 2.26. The summed E-state index contributed by atoms with van der Waals surface area (Å²) in [5, 5.41) is 13.0. The van der Waals surface area contributed by atoms with Crippen molar-refractivity contribution in [2.45, 2.75) is 11.8 Å². The van der Waals surface area contributed by atoms with Crippen LogP contribution in [0.2, 0.25) is 0 Å². The van der Waals surface area contributed by atoms with Crippen LogP contribution >= 0.6 is 0 Å². The van der Waals surface area contributed by atoms with E-state index >= 15 is 0 Å². The fourth-order valence-corrected chi connectivity index (χ4v) is 4.63. The number of nitrogen functional groups attached to an aromatic ring is 1. The molecule has 0 spiro atoms. The summed E-state index contributed by atoms with van der Waals surface area (Å²) in [5.74, 6) is 0.254. The minimum absolute atomic E-state index is 0.0188. The number of nitrogens with one attached hydrogen (secondary N) is 1. The SMILES string of the molecule is C/C(=C\c1cccc(C(=N)N)c1)C(=O)N1CCOc2cc(-c3ccccc3S(N)(=O)=O)ccc21. The number of anilines is 1. The van der Waals surface area contributed by atoms with Crippen molar-refractivity contribution in [3.8, 4) is 16.9 Å². The lowest BCUT2D eigenvalue weighted by atomic mass is 10.0. The molecule has 0 bridgehead atoms. The highest BCUT2D eigenvalue weighted by Crippen LogP contribution is 2.37. The van der Waals surface area contributed by atoms with Gasteiger partial charge in [-0.25, -0.2) is 13.6 Å². The molecule has 0 unspecified atom stereocenters. The van der Waals surface area contributed by atoms with Gasteiger partial charge in [-0.1, -0.05) is 42.5 Å². The Hall–Kier alpha value is -3.95. The van der Waals surface area contributed by atoms with Gasteiger partial charge in [-0.05, 0) is 48.4 Å². The van der Waals surface area contributed by atoms with Crippen molar-refractivity contribution in [1.29, 1.82) is 5.41 Å². The summed E-state index contributed by atoms with van der Waals surface area (Å²) in [7, 11) is -3.91. The fourth-order valence-electron chi connectivity index (χ4n) is 3.87. The third kappa shape index (κ3) is 4.70. The molecule has 0 fully saturated rings. The van der Waals surface area contributed by atoms with Crippen molar-refractivity contribution < 1.29 is 17.9 Å². The Morgan fingerprint density at radius 3 is 2.59 bits per heavy atom. The lowest BCUT2D eigenvalue weighted by Gasteiger charge is -2.30. The monoisotopic (exact) mass is 476 g/mol. The molecule has 5 N–H and O–H groups in total. The average Bonchev–Trinajstić information content (AvgIpc) is 2.82.